The predicted octanol–water partition coefficient (Wildman–Crippen LogP) is 5.47. The molecule has 3 aliphatic rings. The highest BCUT2D eigenvalue weighted by Gasteiger charge is 2.57. The lowest BCUT2D eigenvalue weighted by atomic mass is 9.79. The summed E-state index contributed by atoms with van der Waals surface area (Å²) in [5.74, 6) is 4.49. The van der Waals surface area contributed by atoms with Crippen LogP contribution in [-0.4, -0.2) is 34.1 Å². The summed E-state index contributed by atoms with van der Waals surface area (Å²) in [6, 6.07) is 8.85. The molecule has 27 heavy (non-hydrogen) atoms. The van der Waals surface area contributed by atoms with E-state index < -0.39 is 0 Å². The van der Waals surface area contributed by atoms with Crippen molar-refractivity contribution in [2.75, 3.05) is 28.3 Å². The second kappa shape index (κ2) is 7.90. The van der Waals surface area contributed by atoms with Crippen LogP contribution in [0.3, 0.4) is 0 Å². The summed E-state index contributed by atoms with van der Waals surface area (Å²) >= 11 is 4.39. The van der Waals surface area contributed by atoms with Gasteiger partial charge in [0.05, 0.1) is 4.08 Å². The third kappa shape index (κ3) is 3.62. The average Bonchev–Trinajstić information content (AvgIpc) is 3.18. The van der Waals surface area contributed by atoms with Gasteiger partial charge in [0.2, 0.25) is 5.91 Å². The summed E-state index contributed by atoms with van der Waals surface area (Å²) in [6.45, 7) is 7.60. The van der Waals surface area contributed by atoms with E-state index in [0.29, 0.717) is 10.1 Å². The maximum atomic E-state index is 12.9. The third-order valence-electron chi connectivity index (χ3n) is 6.68. The van der Waals surface area contributed by atoms with Crippen molar-refractivity contribution in [3.8, 4) is 0 Å². The summed E-state index contributed by atoms with van der Waals surface area (Å²) in [7, 11) is 0. The van der Waals surface area contributed by atoms with E-state index in [1.807, 2.05) is 0 Å². The number of hydrogen-bond acceptors (Lipinski definition) is 4. The van der Waals surface area contributed by atoms with Gasteiger partial charge in [-0.3, -0.25) is 4.79 Å². The van der Waals surface area contributed by atoms with E-state index in [1.54, 1.807) is 0 Å². The molecule has 2 aliphatic carbocycles. The lowest BCUT2D eigenvalue weighted by Gasteiger charge is -2.42. The normalized spacial score (nSPS) is 28.7. The van der Waals surface area contributed by atoms with E-state index in [1.165, 1.54) is 30.0 Å². The van der Waals surface area contributed by atoms with Crippen molar-refractivity contribution in [2.24, 2.45) is 17.8 Å². The first-order valence-corrected chi connectivity index (χ1v) is 12.5. The second-order valence-electron chi connectivity index (χ2n) is 8.47. The van der Waals surface area contributed by atoms with Gasteiger partial charge in [-0.15, -0.1) is 23.5 Å². The molecule has 2 bridgehead atoms. The Morgan fingerprint density at radius 2 is 1.74 bits per heavy atom. The molecule has 2 saturated carbocycles. The zero-order valence-corrected chi connectivity index (χ0v) is 18.4. The summed E-state index contributed by atoms with van der Waals surface area (Å²) in [5, 5.41) is 3.20. The van der Waals surface area contributed by atoms with E-state index in [9.17, 15) is 4.79 Å². The molecule has 1 unspecified atom stereocenters. The van der Waals surface area contributed by atoms with Gasteiger partial charge < -0.3 is 10.2 Å². The molecule has 5 heteroatoms. The molecule has 1 aromatic rings. The first-order chi connectivity index (χ1) is 13.0. The lowest BCUT2D eigenvalue weighted by Crippen LogP contribution is -2.41. The van der Waals surface area contributed by atoms with Crippen molar-refractivity contribution in [1.82, 2.24) is 0 Å². The van der Waals surface area contributed by atoms with Gasteiger partial charge in [-0.25, -0.2) is 0 Å². The number of thioether (sulfide) groups is 2. The number of carbonyl (C=O) groups is 1. The van der Waals surface area contributed by atoms with Crippen LogP contribution in [0, 0.1) is 17.8 Å². The van der Waals surface area contributed by atoms with Crippen molar-refractivity contribution < 1.29 is 4.79 Å². The van der Waals surface area contributed by atoms with Crippen LogP contribution in [0.5, 0.6) is 0 Å². The van der Waals surface area contributed by atoms with Crippen LogP contribution in [0.2, 0.25) is 0 Å². The molecular formula is C22H32N2OS2. The largest absolute Gasteiger partial charge is 0.369 e. The molecule has 0 radical (unpaired) electrons. The highest BCUT2D eigenvalue weighted by molar-refractivity contribution is 8.21. The Labute approximate surface area is 172 Å². The van der Waals surface area contributed by atoms with Gasteiger partial charge in [0.1, 0.15) is 0 Å². The monoisotopic (exact) mass is 404 g/mol. The third-order valence-corrected chi connectivity index (χ3v) is 10.7. The van der Waals surface area contributed by atoms with Crippen LogP contribution in [0.25, 0.3) is 0 Å². The zero-order valence-electron chi connectivity index (χ0n) is 16.7. The Kier molecular flexibility index (Phi) is 5.71. The Hall–Kier alpha value is -0.810. The van der Waals surface area contributed by atoms with Crippen molar-refractivity contribution in [1.29, 1.82) is 0 Å². The van der Waals surface area contributed by atoms with Crippen molar-refractivity contribution in [3.05, 3.63) is 24.3 Å². The fourth-order valence-corrected chi connectivity index (χ4v) is 9.38. The molecule has 3 nitrogen and oxygen atoms in total. The summed E-state index contributed by atoms with van der Waals surface area (Å²) in [4.78, 5) is 15.3. The number of benzene rings is 1. The quantitative estimate of drug-likeness (QED) is 0.705. The minimum Gasteiger partial charge on any atom is -0.369 e. The Bertz CT molecular complexity index is 653. The number of nitrogens with one attached hydrogen (secondary N) is 1. The fourth-order valence-electron chi connectivity index (χ4n) is 5.44. The topological polar surface area (TPSA) is 32.3 Å². The Morgan fingerprint density at radius 3 is 2.26 bits per heavy atom. The number of nitrogens with zero attached hydrogens (tertiary/aromatic N) is 1. The summed E-state index contributed by atoms with van der Waals surface area (Å²) < 4.78 is 0.457. The van der Waals surface area contributed by atoms with Gasteiger partial charge >= 0.3 is 0 Å². The minimum absolute atomic E-state index is 0.192. The average molecular weight is 405 g/mol. The minimum atomic E-state index is 0.192. The molecule has 1 aromatic carbocycles. The Morgan fingerprint density at radius 1 is 1.15 bits per heavy atom. The highest BCUT2D eigenvalue weighted by Crippen LogP contribution is 2.65. The molecule has 0 aromatic heterocycles. The molecule has 1 amide bonds. The first-order valence-electron chi connectivity index (χ1n) is 10.5. The fraction of sp³-hybridized carbons (Fsp3) is 0.682. The smallest absolute Gasteiger partial charge is 0.227 e. The van der Waals surface area contributed by atoms with E-state index in [0.717, 1.165) is 36.9 Å². The molecule has 3 atom stereocenters. The van der Waals surface area contributed by atoms with Gasteiger partial charge in [-0.05, 0) is 82.6 Å². The zero-order chi connectivity index (χ0) is 19.0. The Balaban J connectivity index is 1.39. The number of hydrogen-bond donors (Lipinski definition) is 1. The maximum absolute atomic E-state index is 12.9. The lowest BCUT2D eigenvalue weighted by molar-refractivity contribution is -0.121. The molecule has 3 fully saturated rings. The molecule has 1 N–H and O–H groups in total. The summed E-state index contributed by atoms with van der Waals surface area (Å²) in [6.07, 6.45) is 4.81. The molecule has 4 rings (SSSR count). The van der Waals surface area contributed by atoms with Crippen LogP contribution in [0.4, 0.5) is 11.4 Å². The van der Waals surface area contributed by atoms with Crippen molar-refractivity contribution >= 4 is 40.8 Å². The van der Waals surface area contributed by atoms with E-state index in [2.05, 4.69) is 78.8 Å². The van der Waals surface area contributed by atoms with Gasteiger partial charge in [0.25, 0.3) is 0 Å². The number of anilines is 2. The van der Waals surface area contributed by atoms with E-state index in [4.69, 9.17) is 0 Å². The van der Waals surface area contributed by atoms with Crippen LogP contribution >= 0.6 is 23.5 Å². The van der Waals surface area contributed by atoms with Crippen LogP contribution < -0.4 is 10.2 Å². The van der Waals surface area contributed by atoms with Crippen molar-refractivity contribution in [3.63, 3.8) is 0 Å². The standard InChI is InChI=1S/C22H32N2OS2/c1-4-24(15(2)3)20-9-7-19(8-10-20)23-21(25)16-13-17-5-6-18(14-16)22(17)26-11-12-27-22/h7-10,15-18H,4-6,11-14H2,1-3H3,(H,23,25)/t16?,17-,18+. The molecule has 1 spiro atoms. The predicted molar refractivity (Wildman–Crippen MR) is 120 cm³/mol. The maximum Gasteiger partial charge on any atom is 0.227 e. The summed E-state index contributed by atoms with van der Waals surface area (Å²) in [5.41, 5.74) is 2.15. The number of carbonyl (C=O) groups excluding carboxylic acids is 1. The van der Waals surface area contributed by atoms with Crippen LogP contribution in [0.1, 0.15) is 46.5 Å². The van der Waals surface area contributed by atoms with Gasteiger partial charge in [0.15, 0.2) is 0 Å². The van der Waals surface area contributed by atoms with Crippen molar-refractivity contribution in [2.45, 2.75) is 56.6 Å². The van der Waals surface area contributed by atoms with Crippen LogP contribution in [-0.2, 0) is 4.79 Å². The SMILES string of the molecule is CCN(c1ccc(NC(=O)C2C[C@H]3CC[C@@H](C2)C32SCCS2)cc1)C(C)C. The first kappa shape index (κ1) is 19.5. The molecule has 1 saturated heterocycles. The highest BCUT2D eigenvalue weighted by atomic mass is 32.2. The van der Waals surface area contributed by atoms with E-state index >= 15 is 0 Å². The van der Waals surface area contributed by atoms with Gasteiger partial charge in [-0.1, -0.05) is 0 Å². The number of rotatable bonds is 5. The number of amides is 1. The van der Waals surface area contributed by atoms with E-state index in [-0.39, 0.29) is 11.8 Å². The second-order valence-corrected chi connectivity index (χ2v) is 11.5. The molecule has 1 heterocycles. The van der Waals surface area contributed by atoms with Gasteiger partial charge in [-0.2, -0.15) is 0 Å². The molecule has 148 valence electrons. The molecular weight excluding hydrogens is 372 g/mol. The van der Waals surface area contributed by atoms with Crippen LogP contribution in [0.15, 0.2) is 24.3 Å². The van der Waals surface area contributed by atoms with Gasteiger partial charge in [0, 0.05) is 41.4 Å². The molecule has 1 aliphatic heterocycles.